The van der Waals surface area contributed by atoms with Gasteiger partial charge in [-0.3, -0.25) is 0 Å². The van der Waals surface area contributed by atoms with Crippen LogP contribution in [0.2, 0.25) is 0 Å². The van der Waals surface area contributed by atoms with E-state index in [-0.39, 0.29) is 12.0 Å². The van der Waals surface area contributed by atoms with Gasteiger partial charge in [0.2, 0.25) is 0 Å². The van der Waals surface area contributed by atoms with Gasteiger partial charge in [0.25, 0.3) is 0 Å². The minimum Gasteiger partial charge on any atom is -0.394 e. The number of aliphatic hydroxyl groups excluding tert-OH is 5. The summed E-state index contributed by atoms with van der Waals surface area (Å²) in [5.74, 6) is 0.687. The second kappa shape index (κ2) is 11.4. The predicted molar refractivity (Wildman–Crippen MR) is 110 cm³/mol. The molecule has 1 aliphatic rings. The Labute approximate surface area is 169 Å². The fourth-order valence-electron chi connectivity index (χ4n) is 3.80. The lowest BCUT2D eigenvalue weighted by Gasteiger charge is -2.40. The number of aliphatic hydroxyl groups is 5. The van der Waals surface area contributed by atoms with E-state index >= 15 is 0 Å². The fraction of sp³-hybridized carbons (Fsp3) is 0.818. The van der Waals surface area contributed by atoms with E-state index in [4.69, 9.17) is 9.84 Å². The van der Waals surface area contributed by atoms with Crippen LogP contribution < -0.4 is 0 Å². The fourth-order valence-corrected chi connectivity index (χ4v) is 3.80. The Bertz CT molecular complexity index is 539. The first-order valence-electron chi connectivity index (χ1n) is 10.3. The molecule has 0 saturated heterocycles. The smallest absolute Gasteiger partial charge is 0.111 e. The van der Waals surface area contributed by atoms with Crippen molar-refractivity contribution in [3.8, 4) is 0 Å². The molecule has 0 amide bonds. The van der Waals surface area contributed by atoms with Crippen LogP contribution in [0.5, 0.6) is 0 Å². The maximum absolute atomic E-state index is 9.83. The quantitative estimate of drug-likeness (QED) is 0.268. The average molecular weight is 401 g/mol. The third-order valence-electron chi connectivity index (χ3n) is 6.41. The maximum atomic E-state index is 9.83. The lowest BCUT2D eigenvalue weighted by Crippen LogP contribution is -2.47. The minimum absolute atomic E-state index is 0.172. The highest BCUT2D eigenvalue weighted by Crippen LogP contribution is 2.46. The molecule has 6 heteroatoms. The Kier molecular flexibility index (Phi) is 10.3. The standard InChI is InChI=1S/C22H40O6/c1-14(6-9-17-15(2)7-8-16(3)22(17,4)5)10-11-28-13-19(25)21(27)20(26)18(24)12-23/h10,16,18-21,23-27H,6-9,11-13H2,1-5H3/b14-10-/t16-,18+,19+,20+,21+/m0/s1. The molecule has 0 aromatic heterocycles. The largest absolute Gasteiger partial charge is 0.394 e. The van der Waals surface area contributed by atoms with Crippen molar-refractivity contribution < 1.29 is 30.3 Å². The van der Waals surface area contributed by atoms with E-state index in [1.807, 2.05) is 6.08 Å². The molecule has 0 saturated carbocycles. The molecule has 0 unspecified atom stereocenters. The number of rotatable bonds is 11. The lowest BCUT2D eigenvalue weighted by atomic mass is 9.65. The molecule has 0 radical (unpaired) electrons. The van der Waals surface area contributed by atoms with E-state index in [1.165, 1.54) is 24.0 Å². The Hall–Kier alpha value is -0.760. The van der Waals surface area contributed by atoms with E-state index in [0.717, 1.165) is 12.8 Å². The second-order valence-electron chi connectivity index (χ2n) is 8.81. The van der Waals surface area contributed by atoms with Crippen molar-refractivity contribution in [2.75, 3.05) is 19.8 Å². The highest BCUT2D eigenvalue weighted by molar-refractivity contribution is 5.24. The van der Waals surface area contributed by atoms with E-state index in [9.17, 15) is 20.4 Å². The van der Waals surface area contributed by atoms with Crippen molar-refractivity contribution in [1.29, 1.82) is 0 Å². The zero-order valence-corrected chi connectivity index (χ0v) is 18.1. The monoisotopic (exact) mass is 400 g/mol. The first-order chi connectivity index (χ1) is 13.0. The van der Waals surface area contributed by atoms with Gasteiger partial charge < -0.3 is 30.3 Å². The summed E-state index contributed by atoms with van der Waals surface area (Å²) in [5, 5.41) is 47.2. The molecule has 0 aliphatic heterocycles. The maximum Gasteiger partial charge on any atom is 0.111 e. The predicted octanol–water partition coefficient (Wildman–Crippen LogP) is 1.94. The molecule has 0 aromatic carbocycles. The Morgan fingerprint density at radius 1 is 1.18 bits per heavy atom. The van der Waals surface area contributed by atoms with E-state index < -0.39 is 31.0 Å². The summed E-state index contributed by atoms with van der Waals surface area (Å²) in [6.45, 7) is 10.8. The van der Waals surface area contributed by atoms with Crippen molar-refractivity contribution in [3.63, 3.8) is 0 Å². The van der Waals surface area contributed by atoms with Crippen molar-refractivity contribution in [3.05, 3.63) is 22.8 Å². The molecule has 5 N–H and O–H groups in total. The summed E-state index contributed by atoms with van der Waals surface area (Å²) in [5.41, 5.74) is 4.53. The minimum atomic E-state index is -1.63. The highest BCUT2D eigenvalue weighted by atomic mass is 16.5. The summed E-state index contributed by atoms with van der Waals surface area (Å²) < 4.78 is 5.37. The van der Waals surface area contributed by atoms with Crippen LogP contribution in [0.1, 0.15) is 60.3 Å². The van der Waals surface area contributed by atoms with Crippen LogP contribution in [0, 0.1) is 11.3 Å². The number of hydrogen-bond acceptors (Lipinski definition) is 6. The van der Waals surface area contributed by atoms with Crippen LogP contribution in [-0.2, 0) is 4.74 Å². The Morgan fingerprint density at radius 2 is 1.79 bits per heavy atom. The van der Waals surface area contributed by atoms with Crippen molar-refractivity contribution in [2.45, 2.75) is 84.7 Å². The van der Waals surface area contributed by atoms with Crippen molar-refractivity contribution in [2.24, 2.45) is 11.3 Å². The molecule has 1 aliphatic carbocycles. The summed E-state index contributed by atoms with van der Waals surface area (Å²) in [6.07, 6.45) is 0.339. The van der Waals surface area contributed by atoms with Gasteiger partial charge in [0.15, 0.2) is 0 Å². The van der Waals surface area contributed by atoms with Gasteiger partial charge in [0.1, 0.15) is 24.4 Å². The highest BCUT2D eigenvalue weighted by Gasteiger charge is 2.34. The lowest BCUT2D eigenvalue weighted by molar-refractivity contribution is -0.127. The molecular weight excluding hydrogens is 360 g/mol. The molecule has 0 spiro atoms. The molecule has 0 heterocycles. The van der Waals surface area contributed by atoms with Gasteiger partial charge in [-0.25, -0.2) is 0 Å². The molecule has 0 aromatic rings. The van der Waals surface area contributed by atoms with Crippen LogP contribution in [0.3, 0.4) is 0 Å². The topological polar surface area (TPSA) is 110 Å². The number of hydrogen-bond donors (Lipinski definition) is 5. The van der Waals surface area contributed by atoms with Gasteiger partial charge in [-0.2, -0.15) is 0 Å². The zero-order valence-electron chi connectivity index (χ0n) is 18.1. The molecule has 0 fully saturated rings. The third kappa shape index (κ3) is 6.94. The van der Waals surface area contributed by atoms with Crippen LogP contribution in [0.15, 0.2) is 22.8 Å². The van der Waals surface area contributed by atoms with Crippen LogP contribution in [0.25, 0.3) is 0 Å². The summed E-state index contributed by atoms with van der Waals surface area (Å²) >= 11 is 0. The molecule has 0 bridgehead atoms. The third-order valence-corrected chi connectivity index (χ3v) is 6.41. The first kappa shape index (κ1) is 25.3. The molecule has 164 valence electrons. The molecule has 28 heavy (non-hydrogen) atoms. The van der Waals surface area contributed by atoms with Crippen molar-refractivity contribution in [1.82, 2.24) is 0 Å². The van der Waals surface area contributed by atoms with Crippen molar-refractivity contribution >= 4 is 0 Å². The van der Waals surface area contributed by atoms with Gasteiger partial charge in [0, 0.05) is 0 Å². The summed E-state index contributed by atoms with van der Waals surface area (Å²) in [6, 6.07) is 0. The van der Waals surface area contributed by atoms with Crippen LogP contribution in [-0.4, -0.2) is 69.8 Å². The van der Waals surface area contributed by atoms with Gasteiger partial charge in [0.05, 0.1) is 19.8 Å². The van der Waals surface area contributed by atoms with E-state index in [2.05, 4.69) is 34.6 Å². The van der Waals surface area contributed by atoms with Gasteiger partial charge >= 0.3 is 0 Å². The molecule has 1 rings (SSSR count). The Balaban J connectivity index is 2.43. The van der Waals surface area contributed by atoms with Gasteiger partial charge in [-0.15, -0.1) is 0 Å². The molecule has 5 atom stereocenters. The Morgan fingerprint density at radius 3 is 2.39 bits per heavy atom. The number of allylic oxidation sites excluding steroid dienone is 3. The van der Waals surface area contributed by atoms with Crippen LogP contribution >= 0.6 is 0 Å². The number of ether oxygens (including phenoxy) is 1. The van der Waals surface area contributed by atoms with Crippen LogP contribution in [0.4, 0.5) is 0 Å². The normalized spacial score (nSPS) is 24.8. The summed E-state index contributed by atoms with van der Waals surface area (Å²) in [4.78, 5) is 0. The van der Waals surface area contributed by atoms with Gasteiger partial charge in [-0.05, 0) is 50.9 Å². The van der Waals surface area contributed by atoms with E-state index in [0.29, 0.717) is 12.5 Å². The second-order valence-corrected chi connectivity index (χ2v) is 8.81. The SMILES string of the molecule is CC1=C(CC/C(C)=C\COC[C@@H](O)[C@@H](O)[C@H](O)[C@H](O)CO)C(C)(C)[C@@H](C)CC1. The van der Waals surface area contributed by atoms with E-state index in [1.54, 1.807) is 5.57 Å². The average Bonchev–Trinajstić information content (AvgIpc) is 2.66. The first-order valence-corrected chi connectivity index (χ1v) is 10.3. The summed E-state index contributed by atoms with van der Waals surface area (Å²) in [7, 11) is 0. The molecular formula is C22H40O6. The zero-order chi connectivity index (χ0) is 21.5. The van der Waals surface area contributed by atoms with Gasteiger partial charge in [-0.1, -0.05) is 43.6 Å². The molecule has 6 nitrogen and oxygen atoms in total.